The van der Waals surface area contributed by atoms with E-state index < -0.39 is 5.97 Å². The zero-order chi connectivity index (χ0) is 16.3. The van der Waals surface area contributed by atoms with E-state index in [0.717, 1.165) is 16.6 Å². The summed E-state index contributed by atoms with van der Waals surface area (Å²) in [7, 11) is 3.62. The molecule has 0 unspecified atom stereocenters. The van der Waals surface area contributed by atoms with Crippen molar-refractivity contribution in [3.05, 3.63) is 30.0 Å². The van der Waals surface area contributed by atoms with Gasteiger partial charge in [-0.2, -0.15) is 0 Å². The van der Waals surface area contributed by atoms with Crippen LogP contribution in [0, 0.1) is 0 Å². The first-order valence-electron chi connectivity index (χ1n) is 7.13. The summed E-state index contributed by atoms with van der Waals surface area (Å²) in [5.41, 5.74) is 2.04. The van der Waals surface area contributed by atoms with E-state index in [1.807, 2.05) is 30.1 Å². The molecule has 1 aromatic heterocycles. The standard InChI is InChI=1S/C16H20N2O4/c1-4-22-15(19)7-8-17(2)12-5-6-13-11(9-12)10-14(16(20)21)18(13)3/h5-6,9-10H,4,7-8H2,1-3H3,(H,20,21). The molecule has 0 saturated carbocycles. The van der Waals surface area contributed by atoms with Gasteiger partial charge in [-0.05, 0) is 31.2 Å². The summed E-state index contributed by atoms with van der Waals surface area (Å²) in [5, 5.41) is 10.0. The molecule has 0 fully saturated rings. The second-order valence-electron chi connectivity index (χ2n) is 5.11. The number of carbonyl (C=O) groups excluding carboxylic acids is 1. The average molecular weight is 304 g/mol. The van der Waals surface area contributed by atoms with Gasteiger partial charge in [0.15, 0.2) is 0 Å². The number of anilines is 1. The molecule has 1 N–H and O–H groups in total. The Bertz CT molecular complexity index is 705. The quantitative estimate of drug-likeness (QED) is 0.829. The normalized spacial score (nSPS) is 10.7. The zero-order valence-corrected chi connectivity index (χ0v) is 13.0. The molecule has 1 aromatic carbocycles. The minimum atomic E-state index is -0.948. The Labute approximate surface area is 128 Å². The molecule has 0 saturated heterocycles. The number of esters is 1. The van der Waals surface area contributed by atoms with Gasteiger partial charge in [-0.15, -0.1) is 0 Å². The number of carboxylic acids is 1. The monoisotopic (exact) mass is 304 g/mol. The van der Waals surface area contributed by atoms with E-state index in [-0.39, 0.29) is 11.7 Å². The van der Waals surface area contributed by atoms with Crippen molar-refractivity contribution in [3.63, 3.8) is 0 Å². The molecule has 0 atom stereocenters. The summed E-state index contributed by atoms with van der Waals surface area (Å²) >= 11 is 0. The Morgan fingerprint density at radius 3 is 2.68 bits per heavy atom. The van der Waals surface area contributed by atoms with Gasteiger partial charge in [0.05, 0.1) is 13.0 Å². The van der Waals surface area contributed by atoms with E-state index in [1.54, 1.807) is 24.6 Å². The van der Waals surface area contributed by atoms with Crippen LogP contribution in [-0.4, -0.2) is 41.8 Å². The summed E-state index contributed by atoms with van der Waals surface area (Å²) < 4.78 is 6.56. The summed E-state index contributed by atoms with van der Waals surface area (Å²) in [4.78, 5) is 24.5. The Morgan fingerprint density at radius 2 is 2.05 bits per heavy atom. The number of aryl methyl sites for hydroxylation is 1. The van der Waals surface area contributed by atoms with Gasteiger partial charge in [0, 0.05) is 37.2 Å². The fourth-order valence-corrected chi connectivity index (χ4v) is 2.40. The Hall–Kier alpha value is -2.50. The maximum atomic E-state index is 11.4. The number of rotatable bonds is 6. The van der Waals surface area contributed by atoms with Crippen LogP contribution < -0.4 is 4.90 Å². The number of aromatic nitrogens is 1. The highest BCUT2D eigenvalue weighted by Crippen LogP contribution is 2.24. The number of benzene rings is 1. The van der Waals surface area contributed by atoms with Crippen molar-refractivity contribution in [1.82, 2.24) is 4.57 Å². The van der Waals surface area contributed by atoms with E-state index in [9.17, 15) is 9.59 Å². The van der Waals surface area contributed by atoms with Gasteiger partial charge in [-0.25, -0.2) is 4.79 Å². The van der Waals surface area contributed by atoms with Crippen LogP contribution in [0.1, 0.15) is 23.8 Å². The van der Waals surface area contributed by atoms with Crippen molar-refractivity contribution >= 4 is 28.5 Å². The van der Waals surface area contributed by atoms with E-state index >= 15 is 0 Å². The van der Waals surface area contributed by atoms with Crippen LogP contribution in [0.4, 0.5) is 5.69 Å². The molecule has 22 heavy (non-hydrogen) atoms. The zero-order valence-electron chi connectivity index (χ0n) is 13.0. The van der Waals surface area contributed by atoms with Gasteiger partial charge >= 0.3 is 11.9 Å². The molecule has 6 heteroatoms. The van der Waals surface area contributed by atoms with Crippen LogP contribution in [0.15, 0.2) is 24.3 Å². The molecule has 118 valence electrons. The third kappa shape index (κ3) is 3.21. The van der Waals surface area contributed by atoms with Crippen molar-refractivity contribution < 1.29 is 19.4 Å². The number of carboxylic acid groups (broad SMARTS) is 1. The number of nitrogens with zero attached hydrogens (tertiary/aromatic N) is 2. The summed E-state index contributed by atoms with van der Waals surface area (Å²) in [6, 6.07) is 7.38. The molecule has 0 radical (unpaired) electrons. The third-order valence-corrected chi connectivity index (χ3v) is 3.64. The smallest absolute Gasteiger partial charge is 0.352 e. The first kappa shape index (κ1) is 15.9. The molecule has 0 aliphatic carbocycles. The van der Waals surface area contributed by atoms with Crippen LogP contribution in [0.25, 0.3) is 10.9 Å². The maximum Gasteiger partial charge on any atom is 0.352 e. The number of carbonyl (C=O) groups is 2. The van der Waals surface area contributed by atoms with E-state index in [0.29, 0.717) is 19.6 Å². The lowest BCUT2D eigenvalue weighted by Gasteiger charge is -2.19. The van der Waals surface area contributed by atoms with Crippen LogP contribution in [-0.2, 0) is 16.6 Å². The fourth-order valence-electron chi connectivity index (χ4n) is 2.40. The predicted octanol–water partition coefficient (Wildman–Crippen LogP) is 2.27. The average Bonchev–Trinajstić information content (AvgIpc) is 2.82. The minimum absolute atomic E-state index is 0.219. The van der Waals surface area contributed by atoms with E-state index in [2.05, 4.69) is 0 Å². The van der Waals surface area contributed by atoms with Gasteiger partial charge in [0.1, 0.15) is 5.69 Å². The van der Waals surface area contributed by atoms with Gasteiger partial charge in [0.25, 0.3) is 0 Å². The highest BCUT2D eigenvalue weighted by Gasteiger charge is 2.13. The number of hydrogen-bond donors (Lipinski definition) is 1. The van der Waals surface area contributed by atoms with Crippen LogP contribution in [0.3, 0.4) is 0 Å². The second kappa shape index (κ2) is 6.51. The highest BCUT2D eigenvalue weighted by molar-refractivity contribution is 5.95. The number of aromatic carboxylic acids is 1. The summed E-state index contributed by atoms with van der Waals surface area (Å²) in [6.07, 6.45) is 0.317. The van der Waals surface area contributed by atoms with Crippen molar-refractivity contribution in [2.24, 2.45) is 7.05 Å². The highest BCUT2D eigenvalue weighted by atomic mass is 16.5. The lowest BCUT2D eigenvalue weighted by molar-refractivity contribution is -0.142. The fraction of sp³-hybridized carbons (Fsp3) is 0.375. The van der Waals surface area contributed by atoms with Gasteiger partial charge in [0.2, 0.25) is 0 Å². The number of fused-ring (bicyclic) bond motifs is 1. The van der Waals surface area contributed by atoms with Crippen molar-refractivity contribution in [1.29, 1.82) is 0 Å². The molecule has 0 spiro atoms. The molecular weight excluding hydrogens is 284 g/mol. The number of hydrogen-bond acceptors (Lipinski definition) is 4. The summed E-state index contributed by atoms with van der Waals surface area (Å²) in [6.45, 7) is 2.71. The third-order valence-electron chi connectivity index (χ3n) is 3.64. The Kier molecular flexibility index (Phi) is 4.70. The molecular formula is C16H20N2O4. The van der Waals surface area contributed by atoms with Gasteiger partial charge < -0.3 is 19.3 Å². The molecule has 6 nitrogen and oxygen atoms in total. The molecule has 0 aliphatic heterocycles. The van der Waals surface area contributed by atoms with E-state index in [1.165, 1.54) is 0 Å². The lowest BCUT2D eigenvalue weighted by Crippen LogP contribution is -2.21. The van der Waals surface area contributed by atoms with Gasteiger partial charge in [-0.3, -0.25) is 4.79 Å². The lowest BCUT2D eigenvalue weighted by atomic mass is 10.2. The van der Waals surface area contributed by atoms with Gasteiger partial charge in [-0.1, -0.05) is 0 Å². The topological polar surface area (TPSA) is 71.8 Å². The SMILES string of the molecule is CCOC(=O)CCN(C)c1ccc2c(c1)cc(C(=O)O)n2C. The Balaban J connectivity index is 2.18. The predicted molar refractivity (Wildman–Crippen MR) is 84.4 cm³/mol. The molecule has 2 rings (SSSR count). The first-order chi connectivity index (χ1) is 10.4. The van der Waals surface area contributed by atoms with Crippen LogP contribution in [0.2, 0.25) is 0 Å². The van der Waals surface area contributed by atoms with E-state index in [4.69, 9.17) is 9.84 Å². The molecule has 0 bridgehead atoms. The second-order valence-corrected chi connectivity index (χ2v) is 5.11. The number of ether oxygens (including phenoxy) is 1. The Morgan fingerprint density at radius 1 is 1.32 bits per heavy atom. The summed E-state index contributed by atoms with van der Waals surface area (Å²) in [5.74, 6) is -1.17. The van der Waals surface area contributed by atoms with Crippen molar-refractivity contribution in [2.45, 2.75) is 13.3 Å². The molecule has 2 aromatic rings. The maximum absolute atomic E-state index is 11.4. The van der Waals surface area contributed by atoms with Crippen molar-refractivity contribution in [2.75, 3.05) is 25.1 Å². The first-order valence-corrected chi connectivity index (χ1v) is 7.13. The van der Waals surface area contributed by atoms with Crippen LogP contribution in [0.5, 0.6) is 0 Å². The van der Waals surface area contributed by atoms with Crippen LogP contribution >= 0.6 is 0 Å². The molecule has 1 heterocycles. The molecule has 0 amide bonds. The van der Waals surface area contributed by atoms with Crippen molar-refractivity contribution in [3.8, 4) is 0 Å². The molecule has 0 aliphatic rings. The minimum Gasteiger partial charge on any atom is -0.477 e. The largest absolute Gasteiger partial charge is 0.477 e.